The number of β-amino-alcohol motifs (C(OH)–C–C–N with tert-alkyl or cyclic N) is 1. The number of hydrogen-bond donors (Lipinski definition) is 1. The van der Waals surface area contributed by atoms with Crippen molar-refractivity contribution in [2.75, 3.05) is 24.6 Å². The minimum Gasteiger partial charge on any atom is -0.416 e. The first kappa shape index (κ1) is 15.8. The van der Waals surface area contributed by atoms with E-state index in [0.29, 0.717) is 18.3 Å². The molecule has 0 aliphatic carbocycles. The lowest BCUT2D eigenvalue weighted by Crippen LogP contribution is -2.30. The number of fused-ring (bicyclic) bond motifs is 1. The molecule has 0 amide bonds. The van der Waals surface area contributed by atoms with Gasteiger partial charge in [-0.15, -0.1) is 10.2 Å². The second kappa shape index (κ2) is 5.97. The maximum atomic E-state index is 9.35. The summed E-state index contributed by atoms with van der Waals surface area (Å²) in [7, 11) is 0. The van der Waals surface area contributed by atoms with Crippen LogP contribution in [0.5, 0.6) is 0 Å². The fourth-order valence-electron chi connectivity index (χ4n) is 3.42. The summed E-state index contributed by atoms with van der Waals surface area (Å²) < 4.78 is 5.84. The van der Waals surface area contributed by atoms with Gasteiger partial charge in [-0.05, 0) is 29.8 Å². The quantitative estimate of drug-likeness (QED) is 0.789. The van der Waals surface area contributed by atoms with E-state index >= 15 is 0 Å². The van der Waals surface area contributed by atoms with E-state index in [2.05, 4.69) is 46.1 Å². The summed E-state index contributed by atoms with van der Waals surface area (Å²) in [4.78, 5) is 6.21. The van der Waals surface area contributed by atoms with Gasteiger partial charge < -0.3 is 14.4 Å². The van der Waals surface area contributed by atoms with Gasteiger partial charge in [0.25, 0.3) is 0 Å². The first-order valence-electron chi connectivity index (χ1n) is 8.33. The molecule has 25 heavy (non-hydrogen) atoms. The summed E-state index contributed by atoms with van der Waals surface area (Å²) in [6, 6.07) is 9.89. The van der Waals surface area contributed by atoms with E-state index in [1.54, 1.807) is 12.4 Å². The standard InChI is InChI=1S/C19H20N4O2/c1-19(2)12-23(9-10-24)16-11-14(3-4-15(16)19)18-22-21-17(25-18)13-5-7-20-8-6-13/h3-8,11,24H,9-10,12H2,1-2H3. The number of hydrogen-bond acceptors (Lipinski definition) is 6. The van der Waals surface area contributed by atoms with Crippen LogP contribution < -0.4 is 4.90 Å². The molecule has 1 N–H and O–H groups in total. The Kier molecular flexibility index (Phi) is 3.77. The highest BCUT2D eigenvalue weighted by molar-refractivity contribution is 5.70. The number of pyridine rings is 1. The van der Waals surface area contributed by atoms with Crippen LogP contribution >= 0.6 is 0 Å². The second-order valence-electron chi connectivity index (χ2n) is 6.91. The Hall–Kier alpha value is -2.73. The Morgan fingerprint density at radius 2 is 1.80 bits per heavy atom. The number of aliphatic hydroxyl groups excluding tert-OH is 1. The number of rotatable bonds is 4. The Balaban J connectivity index is 1.71. The second-order valence-corrected chi connectivity index (χ2v) is 6.91. The molecule has 6 heteroatoms. The molecule has 128 valence electrons. The van der Waals surface area contributed by atoms with Gasteiger partial charge in [0.2, 0.25) is 11.8 Å². The van der Waals surface area contributed by atoms with Gasteiger partial charge >= 0.3 is 0 Å². The minimum atomic E-state index is 0.0556. The molecule has 0 saturated heterocycles. The average Bonchev–Trinajstić information content (AvgIpc) is 3.20. The van der Waals surface area contributed by atoms with Gasteiger partial charge in [-0.2, -0.15) is 0 Å². The van der Waals surface area contributed by atoms with E-state index in [1.807, 2.05) is 18.2 Å². The zero-order valence-electron chi connectivity index (χ0n) is 14.3. The molecule has 1 aliphatic heterocycles. The Labute approximate surface area is 146 Å². The molecule has 0 saturated carbocycles. The molecule has 6 nitrogen and oxygen atoms in total. The summed E-state index contributed by atoms with van der Waals surface area (Å²) in [6.07, 6.45) is 3.40. The molecule has 2 aromatic heterocycles. The van der Waals surface area contributed by atoms with Gasteiger partial charge in [0.1, 0.15) is 0 Å². The summed E-state index contributed by atoms with van der Waals surface area (Å²) in [6.45, 7) is 6.07. The zero-order chi connectivity index (χ0) is 17.4. The van der Waals surface area contributed by atoms with Gasteiger partial charge in [0, 0.05) is 47.7 Å². The molecule has 0 atom stereocenters. The topological polar surface area (TPSA) is 75.3 Å². The van der Waals surface area contributed by atoms with E-state index in [4.69, 9.17) is 4.42 Å². The lowest BCUT2D eigenvalue weighted by molar-refractivity contribution is 0.301. The fraction of sp³-hybridized carbons (Fsp3) is 0.316. The molecule has 0 spiro atoms. The predicted octanol–water partition coefficient (Wildman–Crippen LogP) is 2.89. The highest BCUT2D eigenvalue weighted by Crippen LogP contribution is 2.42. The minimum absolute atomic E-state index is 0.0556. The molecule has 0 radical (unpaired) electrons. The molecular formula is C19H20N4O2. The van der Waals surface area contributed by atoms with Crippen molar-refractivity contribution in [1.29, 1.82) is 0 Å². The number of nitrogens with zero attached hydrogens (tertiary/aromatic N) is 4. The Morgan fingerprint density at radius 1 is 1.08 bits per heavy atom. The van der Waals surface area contributed by atoms with Crippen molar-refractivity contribution in [3.63, 3.8) is 0 Å². The van der Waals surface area contributed by atoms with Crippen LogP contribution in [0, 0.1) is 0 Å². The number of aromatic nitrogens is 3. The predicted molar refractivity (Wildman–Crippen MR) is 95.3 cm³/mol. The molecular weight excluding hydrogens is 316 g/mol. The lowest BCUT2D eigenvalue weighted by atomic mass is 9.86. The van der Waals surface area contributed by atoms with E-state index in [-0.39, 0.29) is 12.0 Å². The molecule has 0 unspecified atom stereocenters. The maximum Gasteiger partial charge on any atom is 0.248 e. The van der Waals surface area contributed by atoms with Crippen molar-refractivity contribution >= 4 is 5.69 Å². The number of benzene rings is 1. The van der Waals surface area contributed by atoms with Crippen molar-refractivity contribution in [2.24, 2.45) is 0 Å². The van der Waals surface area contributed by atoms with Crippen molar-refractivity contribution in [3.05, 3.63) is 48.3 Å². The van der Waals surface area contributed by atoms with E-state index in [9.17, 15) is 5.11 Å². The summed E-state index contributed by atoms with van der Waals surface area (Å²) in [5, 5.41) is 17.7. The molecule has 1 aliphatic rings. The Morgan fingerprint density at radius 3 is 2.52 bits per heavy atom. The molecule has 0 bridgehead atoms. The van der Waals surface area contributed by atoms with Gasteiger partial charge in [0.05, 0.1) is 6.61 Å². The average molecular weight is 336 g/mol. The van der Waals surface area contributed by atoms with Crippen LogP contribution in [0.2, 0.25) is 0 Å². The monoisotopic (exact) mass is 336 g/mol. The third-order valence-electron chi connectivity index (χ3n) is 4.62. The SMILES string of the molecule is CC1(C)CN(CCO)c2cc(-c3nnc(-c4ccncc4)o3)ccc21. The van der Waals surface area contributed by atoms with E-state index in [0.717, 1.165) is 23.4 Å². The Bertz CT molecular complexity index is 889. The van der Waals surface area contributed by atoms with Gasteiger partial charge in [-0.3, -0.25) is 4.98 Å². The van der Waals surface area contributed by atoms with Gasteiger partial charge in [-0.1, -0.05) is 19.9 Å². The van der Waals surface area contributed by atoms with Crippen LogP contribution in [0.3, 0.4) is 0 Å². The number of aliphatic hydroxyl groups is 1. The highest BCUT2D eigenvalue weighted by Gasteiger charge is 2.35. The zero-order valence-corrected chi connectivity index (χ0v) is 14.3. The number of anilines is 1. The lowest BCUT2D eigenvalue weighted by Gasteiger charge is -2.21. The van der Waals surface area contributed by atoms with Crippen LogP contribution in [-0.2, 0) is 5.41 Å². The third kappa shape index (κ3) is 2.78. The van der Waals surface area contributed by atoms with Gasteiger partial charge in [0.15, 0.2) is 0 Å². The van der Waals surface area contributed by atoms with E-state index < -0.39 is 0 Å². The summed E-state index contributed by atoms with van der Waals surface area (Å²) in [5.74, 6) is 0.966. The molecule has 3 aromatic rings. The normalized spacial score (nSPS) is 15.4. The largest absolute Gasteiger partial charge is 0.416 e. The van der Waals surface area contributed by atoms with Crippen LogP contribution in [0.15, 0.2) is 47.1 Å². The first-order chi connectivity index (χ1) is 12.1. The molecule has 1 aromatic carbocycles. The van der Waals surface area contributed by atoms with Gasteiger partial charge in [-0.25, -0.2) is 0 Å². The summed E-state index contributed by atoms with van der Waals surface area (Å²) >= 11 is 0. The molecule has 0 fully saturated rings. The van der Waals surface area contributed by atoms with Crippen LogP contribution in [0.4, 0.5) is 5.69 Å². The van der Waals surface area contributed by atoms with Crippen molar-refractivity contribution in [2.45, 2.75) is 19.3 Å². The van der Waals surface area contributed by atoms with Crippen molar-refractivity contribution in [1.82, 2.24) is 15.2 Å². The highest BCUT2D eigenvalue weighted by atomic mass is 16.4. The third-order valence-corrected chi connectivity index (χ3v) is 4.62. The maximum absolute atomic E-state index is 9.35. The summed E-state index contributed by atoms with van der Waals surface area (Å²) in [5.41, 5.74) is 4.18. The van der Waals surface area contributed by atoms with Crippen LogP contribution in [0.25, 0.3) is 22.9 Å². The van der Waals surface area contributed by atoms with Crippen molar-refractivity contribution < 1.29 is 9.52 Å². The first-order valence-corrected chi connectivity index (χ1v) is 8.33. The fourth-order valence-corrected chi connectivity index (χ4v) is 3.42. The van der Waals surface area contributed by atoms with Crippen LogP contribution in [-0.4, -0.2) is 40.0 Å². The molecule has 4 rings (SSSR count). The van der Waals surface area contributed by atoms with Crippen molar-refractivity contribution in [3.8, 4) is 22.9 Å². The smallest absolute Gasteiger partial charge is 0.248 e. The molecule has 3 heterocycles. The van der Waals surface area contributed by atoms with Crippen LogP contribution in [0.1, 0.15) is 19.4 Å². The van der Waals surface area contributed by atoms with E-state index in [1.165, 1.54) is 5.56 Å².